The fraction of sp³-hybridized carbons (Fsp3) is 0.500. The van der Waals surface area contributed by atoms with Crippen molar-refractivity contribution in [1.82, 2.24) is 0 Å². The Morgan fingerprint density at radius 2 is 2.07 bits per heavy atom. The maximum atomic E-state index is 9.68. The lowest BCUT2D eigenvalue weighted by molar-refractivity contribution is 0.406. The van der Waals surface area contributed by atoms with Crippen LogP contribution in [0.25, 0.3) is 0 Å². The van der Waals surface area contributed by atoms with Crippen LogP contribution in [0, 0.1) is 5.92 Å². The summed E-state index contributed by atoms with van der Waals surface area (Å²) < 4.78 is 5.10. The van der Waals surface area contributed by atoms with Gasteiger partial charge in [0.25, 0.3) is 0 Å². The van der Waals surface area contributed by atoms with E-state index in [2.05, 4.69) is 13.8 Å². The molecule has 0 aliphatic rings. The van der Waals surface area contributed by atoms with Crippen LogP contribution in [0.15, 0.2) is 18.2 Å². The van der Waals surface area contributed by atoms with Gasteiger partial charge in [0.15, 0.2) is 0 Å². The van der Waals surface area contributed by atoms with Crippen LogP contribution in [0.4, 0.5) is 0 Å². The van der Waals surface area contributed by atoms with Gasteiger partial charge >= 0.3 is 0 Å². The Labute approximate surface area is 90.9 Å². The van der Waals surface area contributed by atoms with Crippen LogP contribution in [0.2, 0.25) is 0 Å². The molecule has 3 nitrogen and oxygen atoms in total. The normalized spacial score (nSPS) is 12.9. The van der Waals surface area contributed by atoms with Crippen LogP contribution >= 0.6 is 0 Å². The number of aromatic hydroxyl groups is 1. The van der Waals surface area contributed by atoms with E-state index in [-0.39, 0.29) is 11.8 Å². The number of hydrogen-bond donors (Lipinski definition) is 2. The van der Waals surface area contributed by atoms with Crippen LogP contribution in [-0.4, -0.2) is 12.2 Å². The van der Waals surface area contributed by atoms with Gasteiger partial charge in [-0.05, 0) is 30.5 Å². The Morgan fingerprint density at radius 1 is 1.40 bits per heavy atom. The summed E-state index contributed by atoms with van der Waals surface area (Å²) in [5.74, 6) is 1.47. The summed E-state index contributed by atoms with van der Waals surface area (Å²) in [4.78, 5) is 0. The van der Waals surface area contributed by atoms with Crippen molar-refractivity contribution in [3.8, 4) is 11.5 Å². The molecule has 3 N–H and O–H groups in total. The molecule has 15 heavy (non-hydrogen) atoms. The molecule has 0 aromatic heterocycles. The average molecular weight is 209 g/mol. The summed E-state index contributed by atoms with van der Waals surface area (Å²) in [7, 11) is 1.60. The maximum Gasteiger partial charge on any atom is 0.120 e. The zero-order valence-corrected chi connectivity index (χ0v) is 9.53. The summed E-state index contributed by atoms with van der Waals surface area (Å²) in [6.07, 6.45) is 0.848. The van der Waals surface area contributed by atoms with Gasteiger partial charge in [-0.1, -0.05) is 13.8 Å². The van der Waals surface area contributed by atoms with Gasteiger partial charge in [-0.2, -0.15) is 0 Å². The number of benzene rings is 1. The van der Waals surface area contributed by atoms with Gasteiger partial charge < -0.3 is 15.6 Å². The van der Waals surface area contributed by atoms with Crippen LogP contribution in [0.5, 0.6) is 11.5 Å². The summed E-state index contributed by atoms with van der Waals surface area (Å²) in [5, 5.41) is 9.68. The van der Waals surface area contributed by atoms with Crippen LogP contribution in [0.1, 0.15) is 31.9 Å². The van der Waals surface area contributed by atoms with Crippen molar-refractivity contribution < 1.29 is 9.84 Å². The maximum absolute atomic E-state index is 9.68. The Hall–Kier alpha value is -1.22. The van der Waals surface area contributed by atoms with Gasteiger partial charge in [-0.25, -0.2) is 0 Å². The molecule has 3 heteroatoms. The number of ether oxygens (including phenoxy) is 1. The van der Waals surface area contributed by atoms with Gasteiger partial charge in [0.1, 0.15) is 11.5 Å². The van der Waals surface area contributed by atoms with E-state index in [9.17, 15) is 5.11 Å². The topological polar surface area (TPSA) is 55.5 Å². The van der Waals surface area contributed by atoms with Crippen molar-refractivity contribution in [3.05, 3.63) is 23.8 Å². The molecule has 0 fully saturated rings. The first kappa shape index (κ1) is 11.9. The second kappa shape index (κ2) is 5.03. The predicted molar refractivity (Wildman–Crippen MR) is 61.0 cm³/mol. The van der Waals surface area contributed by atoms with E-state index in [4.69, 9.17) is 10.5 Å². The first-order valence-electron chi connectivity index (χ1n) is 5.17. The highest BCUT2D eigenvalue weighted by Gasteiger charge is 2.13. The zero-order valence-electron chi connectivity index (χ0n) is 9.53. The molecule has 1 aromatic carbocycles. The van der Waals surface area contributed by atoms with Crippen LogP contribution < -0.4 is 10.5 Å². The molecule has 1 aromatic rings. The number of hydrogen-bond acceptors (Lipinski definition) is 3. The van der Waals surface area contributed by atoms with E-state index in [1.807, 2.05) is 0 Å². The molecular weight excluding hydrogens is 190 g/mol. The molecule has 0 aliphatic carbocycles. The molecule has 0 saturated heterocycles. The molecule has 84 valence electrons. The van der Waals surface area contributed by atoms with Crippen molar-refractivity contribution in [3.63, 3.8) is 0 Å². The smallest absolute Gasteiger partial charge is 0.120 e. The summed E-state index contributed by atoms with van der Waals surface area (Å²) in [6.45, 7) is 4.22. The lowest BCUT2D eigenvalue weighted by atomic mass is 9.97. The van der Waals surface area contributed by atoms with Crippen molar-refractivity contribution >= 4 is 0 Å². The molecule has 0 spiro atoms. The van der Waals surface area contributed by atoms with E-state index in [1.165, 1.54) is 0 Å². The summed E-state index contributed by atoms with van der Waals surface area (Å²) >= 11 is 0. The summed E-state index contributed by atoms with van der Waals surface area (Å²) in [5.41, 5.74) is 6.76. The van der Waals surface area contributed by atoms with Crippen molar-refractivity contribution in [2.75, 3.05) is 7.11 Å². The van der Waals surface area contributed by atoms with E-state index >= 15 is 0 Å². The monoisotopic (exact) mass is 209 g/mol. The predicted octanol–water partition coefficient (Wildman–Crippen LogP) is 2.45. The number of nitrogens with two attached hydrogens (primary N) is 1. The largest absolute Gasteiger partial charge is 0.508 e. The van der Waals surface area contributed by atoms with Crippen molar-refractivity contribution in [1.29, 1.82) is 0 Å². The Bertz CT molecular complexity index is 323. The number of methoxy groups -OCH3 is 1. The highest BCUT2D eigenvalue weighted by Crippen LogP contribution is 2.30. The quantitative estimate of drug-likeness (QED) is 0.800. The molecular formula is C12H19NO2. The fourth-order valence-corrected chi connectivity index (χ4v) is 1.59. The molecule has 0 bridgehead atoms. The first-order chi connectivity index (χ1) is 7.04. The molecule has 0 saturated carbocycles. The molecule has 0 aliphatic heterocycles. The lowest BCUT2D eigenvalue weighted by Gasteiger charge is -2.16. The number of phenolic OH excluding ortho intramolecular Hbond substituents is 1. The highest BCUT2D eigenvalue weighted by molar-refractivity contribution is 5.41. The Morgan fingerprint density at radius 3 is 2.60 bits per heavy atom. The SMILES string of the molecule is COc1ccc(O)c([C@H](N)CC(C)C)c1. The van der Waals surface area contributed by atoms with E-state index < -0.39 is 0 Å². The van der Waals surface area contributed by atoms with Gasteiger partial charge in [-0.3, -0.25) is 0 Å². The minimum atomic E-state index is -0.139. The molecule has 0 heterocycles. The van der Waals surface area contributed by atoms with Crippen molar-refractivity contribution in [2.24, 2.45) is 11.7 Å². The summed E-state index contributed by atoms with van der Waals surface area (Å²) in [6, 6.07) is 5.00. The Balaban J connectivity index is 2.91. The van der Waals surface area contributed by atoms with E-state index in [1.54, 1.807) is 25.3 Å². The average Bonchev–Trinajstić information content (AvgIpc) is 2.17. The van der Waals surface area contributed by atoms with Crippen LogP contribution in [-0.2, 0) is 0 Å². The van der Waals surface area contributed by atoms with Gasteiger partial charge in [0, 0.05) is 11.6 Å². The second-order valence-electron chi connectivity index (χ2n) is 4.16. The lowest BCUT2D eigenvalue weighted by Crippen LogP contribution is -2.13. The molecule has 1 rings (SSSR count). The third-order valence-corrected chi connectivity index (χ3v) is 2.36. The molecule has 1 atom stereocenters. The van der Waals surface area contributed by atoms with Gasteiger partial charge in [0.2, 0.25) is 0 Å². The zero-order chi connectivity index (χ0) is 11.4. The molecule has 0 unspecified atom stereocenters. The standard InChI is InChI=1S/C12H19NO2/c1-8(2)6-11(13)10-7-9(15-3)4-5-12(10)14/h4-5,7-8,11,14H,6,13H2,1-3H3/t11-/m1/s1. The number of phenols is 1. The van der Waals surface area contributed by atoms with Gasteiger partial charge in [-0.15, -0.1) is 0 Å². The van der Waals surface area contributed by atoms with E-state index in [0.29, 0.717) is 5.92 Å². The van der Waals surface area contributed by atoms with Crippen molar-refractivity contribution in [2.45, 2.75) is 26.3 Å². The molecule has 0 amide bonds. The minimum absolute atomic E-state index is 0.139. The Kier molecular flexibility index (Phi) is 3.97. The third kappa shape index (κ3) is 3.13. The second-order valence-corrected chi connectivity index (χ2v) is 4.16. The minimum Gasteiger partial charge on any atom is -0.508 e. The number of rotatable bonds is 4. The van der Waals surface area contributed by atoms with E-state index in [0.717, 1.165) is 17.7 Å². The molecule has 0 radical (unpaired) electrons. The highest BCUT2D eigenvalue weighted by atomic mass is 16.5. The third-order valence-electron chi connectivity index (χ3n) is 2.36. The fourth-order valence-electron chi connectivity index (χ4n) is 1.59. The van der Waals surface area contributed by atoms with Gasteiger partial charge in [0.05, 0.1) is 7.11 Å². The first-order valence-corrected chi connectivity index (χ1v) is 5.17. The van der Waals surface area contributed by atoms with Crippen LogP contribution in [0.3, 0.4) is 0 Å².